The van der Waals surface area contributed by atoms with Crippen molar-refractivity contribution in [2.75, 3.05) is 13.1 Å². The number of aromatic nitrogens is 1. The third-order valence-electron chi connectivity index (χ3n) is 4.21. The molecular formula is C19H22ClN3O3S2. The van der Waals surface area contributed by atoms with Gasteiger partial charge in [-0.15, -0.1) is 0 Å². The first kappa shape index (κ1) is 21.0. The van der Waals surface area contributed by atoms with Crippen molar-refractivity contribution in [3.63, 3.8) is 0 Å². The van der Waals surface area contributed by atoms with Crippen LogP contribution in [0.3, 0.4) is 0 Å². The number of nitrogens with one attached hydrogen (secondary N) is 2. The van der Waals surface area contributed by atoms with Crippen LogP contribution in [0.2, 0.25) is 5.02 Å². The van der Waals surface area contributed by atoms with Crippen LogP contribution in [-0.4, -0.2) is 26.1 Å². The van der Waals surface area contributed by atoms with E-state index >= 15 is 0 Å². The van der Waals surface area contributed by atoms with Gasteiger partial charge in [-0.05, 0) is 36.2 Å². The SMILES string of the molecule is CCCn1c(=O)sc2c(S(=O)(=O)NCCNCc3cccc(Cl)c3)cccc21. The second-order valence-electron chi connectivity index (χ2n) is 6.33. The van der Waals surface area contributed by atoms with Crippen LogP contribution in [-0.2, 0) is 23.1 Å². The molecular weight excluding hydrogens is 418 g/mol. The maximum Gasteiger partial charge on any atom is 0.308 e. The van der Waals surface area contributed by atoms with Crippen LogP contribution < -0.4 is 14.9 Å². The number of rotatable bonds is 9. The molecule has 3 rings (SSSR count). The summed E-state index contributed by atoms with van der Waals surface area (Å²) in [5, 5.41) is 3.85. The van der Waals surface area contributed by atoms with E-state index in [0.29, 0.717) is 34.9 Å². The summed E-state index contributed by atoms with van der Waals surface area (Å²) in [5.74, 6) is 0. The lowest BCUT2D eigenvalue weighted by atomic mass is 10.2. The van der Waals surface area contributed by atoms with Crippen LogP contribution in [0, 0.1) is 0 Å². The predicted octanol–water partition coefficient (Wildman–Crippen LogP) is 3.19. The highest BCUT2D eigenvalue weighted by atomic mass is 35.5. The number of benzene rings is 2. The quantitative estimate of drug-likeness (QED) is 0.502. The molecule has 9 heteroatoms. The molecule has 0 aliphatic heterocycles. The van der Waals surface area contributed by atoms with Gasteiger partial charge < -0.3 is 5.32 Å². The molecule has 0 aliphatic carbocycles. The predicted molar refractivity (Wildman–Crippen MR) is 115 cm³/mol. The fourth-order valence-electron chi connectivity index (χ4n) is 2.94. The van der Waals surface area contributed by atoms with Crippen molar-refractivity contribution in [1.29, 1.82) is 0 Å². The minimum Gasteiger partial charge on any atom is -0.311 e. The number of hydrogen-bond acceptors (Lipinski definition) is 5. The average Bonchev–Trinajstić information content (AvgIpc) is 2.97. The van der Waals surface area contributed by atoms with E-state index in [1.807, 2.05) is 31.2 Å². The fourth-order valence-corrected chi connectivity index (χ4v) is 5.66. The summed E-state index contributed by atoms with van der Waals surface area (Å²) in [7, 11) is -3.71. The summed E-state index contributed by atoms with van der Waals surface area (Å²) in [4.78, 5) is 12.2. The van der Waals surface area contributed by atoms with Gasteiger partial charge in [-0.2, -0.15) is 0 Å². The van der Waals surface area contributed by atoms with E-state index in [1.165, 1.54) is 6.07 Å². The van der Waals surface area contributed by atoms with E-state index in [9.17, 15) is 13.2 Å². The van der Waals surface area contributed by atoms with Gasteiger partial charge in [-0.3, -0.25) is 9.36 Å². The van der Waals surface area contributed by atoms with E-state index in [0.717, 1.165) is 23.3 Å². The summed E-state index contributed by atoms with van der Waals surface area (Å²) in [6.45, 7) is 3.86. The van der Waals surface area contributed by atoms with Gasteiger partial charge in [-0.1, -0.05) is 48.1 Å². The molecule has 2 aromatic carbocycles. The first-order chi connectivity index (χ1) is 13.4. The minimum atomic E-state index is -3.71. The third-order valence-corrected chi connectivity index (χ3v) is 7.10. The Balaban J connectivity index is 1.66. The zero-order valence-electron chi connectivity index (χ0n) is 15.4. The normalized spacial score (nSPS) is 11.9. The van der Waals surface area contributed by atoms with Gasteiger partial charge in [-0.25, -0.2) is 13.1 Å². The Bertz CT molecular complexity index is 1120. The lowest BCUT2D eigenvalue weighted by Crippen LogP contribution is -2.31. The van der Waals surface area contributed by atoms with Crippen LogP contribution >= 0.6 is 22.9 Å². The van der Waals surface area contributed by atoms with Gasteiger partial charge in [0.1, 0.15) is 4.90 Å². The molecule has 6 nitrogen and oxygen atoms in total. The van der Waals surface area contributed by atoms with Crippen LogP contribution in [0.25, 0.3) is 10.2 Å². The Morgan fingerprint density at radius 3 is 2.68 bits per heavy atom. The molecule has 0 bridgehead atoms. The average molecular weight is 440 g/mol. The molecule has 0 spiro atoms. The molecule has 3 aromatic rings. The Morgan fingerprint density at radius 2 is 1.93 bits per heavy atom. The third kappa shape index (κ3) is 4.82. The maximum absolute atomic E-state index is 12.7. The van der Waals surface area contributed by atoms with Gasteiger partial charge >= 0.3 is 4.87 Å². The van der Waals surface area contributed by atoms with E-state index in [-0.39, 0.29) is 16.3 Å². The number of fused-ring (bicyclic) bond motifs is 1. The molecule has 0 atom stereocenters. The highest BCUT2D eigenvalue weighted by Gasteiger charge is 2.20. The van der Waals surface area contributed by atoms with Crippen LogP contribution in [0.5, 0.6) is 0 Å². The van der Waals surface area contributed by atoms with Crippen molar-refractivity contribution in [2.24, 2.45) is 0 Å². The molecule has 0 fully saturated rings. The molecule has 0 unspecified atom stereocenters. The lowest BCUT2D eigenvalue weighted by molar-refractivity contribution is 0.577. The first-order valence-electron chi connectivity index (χ1n) is 8.99. The fraction of sp³-hybridized carbons (Fsp3) is 0.316. The van der Waals surface area contributed by atoms with Gasteiger partial charge in [0.15, 0.2) is 0 Å². The molecule has 0 saturated carbocycles. The molecule has 28 heavy (non-hydrogen) atoms. The minimum absolute atomic E-state index is 0.136. The second-order valence-corrected chi connectivity index (χ2v) is 9.46. The molecule has 150 valence electrons. The molecule has 0 amide bonds. The smallest absolute Gasteiger partial charge is 0.308 e. The summed E-state index contributed by atoms with van der Waals surface area (Å²) >= 11 is 6.93. The molecule has 0 saturated heterocycles. The number of thiazole rings is 1. The van der Waals surface area contributed by atoms with Crippen molar-refractivity contribution in [3.8, 4) is 0 Å². The van der Waals surface area contributed by atoms with E-state index in [4.69, 9.17) is 11.6 Å². The number of sulfonamides is 1. The number of aryl methyl sites for hydroxylation is 1. The second kappa shape index (κ2) is 9.19. The van der Waals surface area contributed by atoms with Crippen molar-refractivity contribution >= 4 is 43.2 Å². The van der Waals surface area contributed by atoms with E-state index < -0.39 is 10.0 Å². The van der Waals surface area contributed by atoms with Crippen LogP contribution in [0.4, 0.5) is 0 Å². The number of hydrogen-bond donors (Lipinski definition) is 2. The molecule has 1 aromatic heterocycles. The zero-order valence-corrected chi connectivity index (χ0v) is 17.8. The highest BCUT2D eigenvalue weighted by molar-refractivity contribution is 7.90. The van der Waals surface area contributed by atoms with E-state index in [1.54, 1.807) is 16.7 Å². The number of nitrogens with zero attached hydrogens (tertiary/aromatic N) is 1. The van der Waals surface area contributed by atoms with Crippen molar-refractivity contribution in [1.82, 2.24) is 14.6 Å². The molecule has 0 radical (unpaired) electrons. The topological polar surface area (TPSA) is 80.2 Å². The Morgan fingerprint density at radius 1 is 1.14 bits per heavy atom. The van der Waals surface area contributed by atoms with Gasteiger partial charge in [0, 0.05) is 31.2 Å². The van der Waals surface area contributed by atoms with Crippen LogP contribution in [0.15, 0.2) is 52.2 Å². The largest absolute Gasteiger partial charge is 0.311 e. The van der Waals surface area contributed by atoms with Gasteiger partial charge in [0.05, 0.1) is 10.2 Å². The summed E-state index contributed by atoms with van der Waals surface area (Å²) in [6, 6.07) is 12.5. The zero-order chi connectivity index (χ0) is 20.1. The summed E-state index contributed by atoms with van der Waals surface area (Å²) < 4.78 is 30.2. The van der Waals surface area contributed by atoms with Gasteiger partial charge in [0.25, 0.3) is 0 Å². The first-order valence-corrected chi connectivity index (χ1v) is 11.7. The maximum atomic E-state index is 12.7. The Hall–Kier alpha value is -1.71. The Labute approximate surface area is 173 Å². The van der Waals surface area contributed by atoms with Crippen molar-refractivity contribution in [2.45, 2.75) is 31.3 Å². The monoisotopic (exact) mass is 439 g/mol. The standard InChI is InChI=1S/C19H22ClN3O3S2/c1-2-11-23-16-7-4-8-17(18(16)27-19(23)24)28(25,26)22-10-9-21-13-14-5-3-6-15(20)12-14/h3-8,12,21-22H,2,9-11,13H2,1H3. The van der Waals surface area contributed by atoms with Crippen LogP contribution in [0.1, 0.15) is 18.9 Å². The highest BCUT2D eigenvalue weighted by Crippen LogP contribution is 2.25. The molecule has 0 aliphatic rings. The van der Waals surface area contributed by atoms with Gasteiger partial charge in [0.2, 0.25) is 10.0 Å². The van der Waals surface area contributed by atoms with E-state index in [2.05, 4.69) is 10.0 Å². The number of halogens is 1. The summed E-state index contributed by atoms with van der Waals surface area (Å²) in [5.41, 5.74) is 1.70. The van der Waals surface area contributed by atoms with Crippen molar-refractivity contribution in [3.05, 3.63) is 62.7 Å². The summed E-state index contributed by atoms with van der Waals surface area (Å²) in [6.07, 6.45) is 0.805. The lowest BCUT2D eigenvalue weighted by Gasteiger charge is -2.09. The molecule has 2 N–H and O–H groups in total. The molecule has 1 heterocycles. The Kier molecular flexibility index (Phi) is 6.90. The van der Waals surface area contributed by atoms with Crippen molar-refractivity contribution < 1.29 is 8.42 Å².